The lowest BCUT2D eigenvalue weighted by molar-refractivity contribution is -0.286. The number of anilines is 1. The minimum Gasteiger partial charge on any atom is -0.395 e. The highest BCUT2D eigenvalue weighted by atomic mass is 32.1. The van der Waals surface area contributed by atoms with Crippen molar-refractivity contribution in [2.75, 3.05) is 31.5 Å². The van der Waals surface area contributed by atoms with Crippen LogP contribution in [-0.4, -0.2) is 76.0 Å². The molecule has 2 atom stereocenters. The molecule has 43 heavy (non-hydrogen) atoms. The summed E-state index contributed by atoms with van der Waals surface area (Å²) in [5, 5.41) is 2.85. The molecule has 1 aromatic carbocycles. The van der Waals surface area contributed by atoms with E-state index in [9.17, 15) is 27.2 Å². The standard InChI is InChI=1S/C27H27F6N5O4S/c1-14(22(39)36-24-35-18-9-19-20(10-21(18)43-24)42-27(32,33)41-19)38-7-4-26(30,31)17(13-38)15-8-16(23(40)34-11-15)12-37-5-2-25(28,29)3-6-37/h8-11,14,17H,2-7,12-13H2,1H3,(H,34,40)(H,35,36,39). The molecule has 9 nitrogen and oxygen atoms in total. The van der Waals surface area contributed by atoms with Crippen molar-refractivity contribution in [3.8, 4) is 11.5 Å². The van der Waals surface area contributed by atoms with Gasteiger partial charge in [0.05, 0.1) is 22.2 Å². The summed E-state index contributed by atoms with van der Waals surface area (Å²) in [6.45, 7) is 1.57. The van der Waals surface area contributed by atoms with Gasteiger partial charge in [-0.2, -0.15) is 0 Å². The molecule has 0 spiro atoms. The number of ether oxygens (including phenoxy) is 2. The Bertz CT molecular complexity index is 1560. The number of piperidine rings is 2. The first-order chi connectivity index (χ1) is 20.2. The number of benzene rings is 1. The number of rotatable bonds is 6. The SMILES string of the molecule is CC(C(=O)Nc1nc2cc3c(cc2s1)OC(F)(F)O3)N1CCC(F)(F)C(c2c[nH]c(=O)c(CN3CCC(F)(F)CC3)c2)C1. The summed E-state index contributed by atoms with van der Waals surface area (Å²) in [5.74, 6) is -8.05. The zero-order valence-corrected chi connectivity index (χ0v) is 23.6. The van der Waals surface area contributed by atoms with Crippen molar-refractivity contribution in [2.24, 2.45) is 0 Å². The van der Waals surface area contributed by atoms with Crippen molar-refractivity contribution >= 4 is 32.6 Å². The highest BCUT2D eigenvalue weighted by Gasteiger charge is 2.47. The second-order valence-corrected chi connectivity index (χ2v) is 12.1. The van der Waals surface area contributed by atoms with Gasteiger partial charge in [-0.15, -0.1) is 8.78 Å². The van der Waals surface area contributed by atoms with E-state index in [1.165, 1.54) is 24.4 Å². The molecule has 0 saturated carbocycles. The molecule has 3 aromatic rings. The van der Waals surface area contributed by atoms with E-state index in [4.69, 9.17) is 0 Å². The number of H-pyrrole nitrogens is 1. The van der Waals surface area contributed by atoms with Crippen LogP contribution in [0.4, 0.5) is 31.5 Å². The molecule has 2 fully saturated rings. The zero-order valence-electron chi connectivity index (χ0n) is 22.8. The molecular weight excluding hydrogens is 604 g/mol. The lowest BCUT2D eigenvalue weighted by Gasteiger charge is -2.40. The van der Waals surface area contributed by atoms with E-state index in [-0.39, 0.29) is 73.3 Å². The van der Waals surface area contributed by atoms with E-state index in [1.54, 1.807) is 16.7 Å². The molecule has 3 aliphatic rings. The molecule has 232 valence electrons. The molecule has 3 aliphatic heterocycles. The number of pyridine rings is 1. The highest BCUT2D eigenvalue weighted by Crippen LogP contribution is 2.45. The zero-order chi connectivity index (χ0) is 30.7. The van der Waals surface area contributed by atoms with E-state index < -0.39 is 48.0 Å². The lowest BCUT2D eigenvalue weighted by atomic mass is 9.86. The predicted molar refractivity (Wildman–Crippen MR) is 144 cm³/mol. The van der Waals surface area contributed by atoms with Crippen LogP contribution in [0.25, 0.3) is 10.2 Å². The molecule has 1 amide bonds. The van der Waals surface area contributed by atoms with Crippen LogP contribution in [0.5, 0.6) is 11.5 Å². The summed E-state index contributed by atoms with van der Waals surface area (Å²) < 4.78 is 93.5. The normalized spacial score (nSPS) is 23.7. The molecule has 0 aliphatic carbocycles. The molecule has 0 bridgehead atoms. The number of fused-ring (bicyclic) bond motifs is 2. The first kappa shape index (κ1) is 29.7. The number of aromatic amines is 1. The second-order valence-electron chi connectivity index (χ2n) is 11.1. The summed E-state index contributed by atoms with van der Waals surface area (Å²) in [6.07, 6.45) is -3.72. The third kappa shape index (κ3) is 6.17. The fraction of sp³-hybridized carbons (Fsp3) is 0.519. The number of hydrogen-bond acceptors (Lipinski definition) is 8. The van der Waals surface area contributed by atoms with Gasteiger partial charge in [-0.05, 0) is 18.6 Å². The molecule has 16 heteroatoms. The maximum Gasteiger partial charge on any atom is 0.586 e. The van der Waals surface area contributed by atoms with E-state index in [2.05, 4.69) is 24.8 Å². The second kappa shape index (κ2) is 10.7. The molecule has 2 unspecified atom stereocenters. The fourth-order valence-electron chi connectivity index (χ4n) is 5.58. The van der Waals surface area contributed by atoms with Gasteiger partial charge in [0.1, 0.15) is 0 Å². The van der Waals surface area contributed by atoms with Crippen LogP contribution in [0.3, 0.4) is 0 Å². The first-order valence-corrected chi connectivity index (χ1v) is 14.4. The summed E-state index contributed by atoms with van der Waals surface area (Å²) in [4.78, 5) is 35.7. The predicted octanol–water partition coefficient (Wildman–Crippen LogP) is 4.99. The van der Waals surface area contributed by atoms with Gasteiger partial charge in [0, 0.05) is 75.9 Å². The molecule has 5 heterocycles. The maximum atomic E-state index is 15.2. The van der Waals surface area contributed by atoms with Gasteiger partial charge in [0.2, 0.25) is 5.91 Å². The summed E-state index contributed by atoms with van der Waals surface area (Å²) in [5.41, 5.74) is 0.229. The monoisotopic (exact) mass is 631 g/mol. The summed E-state index contributed by atoms with van der Waals surface area (Å²) in [7, 11) is 0. The van der Waals surface area contributed by atoms with Crippen LogP contribution in [0.1, 0.15) is 43.2 Å². The molecule has 6 rings (SSSR count). The number of aromatic nitrogens is 2. The van der Waals surface area contributed by atoms with Gasteiger partial charge in [0.15, 0.2) is 16.6 Å². The van der Waals surface area contributed by atoms with E-state index in [1.807, 2.05) is 0 Å². The van der Waals surface area contributed by atoms with Gasteiger partial charge in [0.25, 0.3) is 17.4 Å². The van der Waals surface area contributed by atoms with Gasteiger partial charge in [-0.25, -0.2) is 22.5 Å². The van der Waals surface area contributed by atoms with Gasteiger partial charge < -0.3 is 19.8 Å². The van der Waals surface area contributed by atoms with Crippen LogP contribution in [0.15, 0.2) is 29.2 Å². The van der Waals surface area contributed by atoms with Gasteiger partial charge >= 0.3 is 6.29 Å². The molecule has 2 saturated heterocycles. The number of alkyl halides is 6. The summed E-state index contributed by atoms with van der Waals surface area (Å²) in [6, 6.07) is 3.18. The van der Waals surface area contributed by atoms with Crippen molar-refractivity contribution in [1.82, 2.24) is 19.8 Å². The number of likely N-dealkylation sites (tertiary alicyclic amines) is 2. The topological polar surface area (TPSA) is 99.8 Å². The van der Waals surface area contributed by atoms with E-state index in [0.717, 1.165) is 11.3 Å². The highest BCUT2D eigenvalue weighted by molar-refractivity contribution is 7.22. The van der Waals surface area contributed by atoms with E-state index in [0.29, 0.717) is 10.2 Å². The third-order valence-electron chi connectivity index (χ3n) is 8.11. The Morgan fingerprint density at radius 2 is 1.79 bits per heavy atom. The minimum atomic E-state index is -3.77. The Balaban J connectivity index is 1.14. The van der Waals surface area contributed by atoms with E-state index >= 15 is 8.78 Å². The van der Waals surface area contributed by atoms with Gasteiger partial charge in [-0.1, -0.05) is 11.3 Å². The largest absolute Gasteiger partial charge is 0.586 e. The smallest absolute Gasteiger partial charge is 0.395 e. The van der Waals surface area contributed by atoms with Crippen molar-refractivity contribution in [2.45, 2.75) is 62.8 Å². The molecule has 0 radical (unpaired) electrons. The Labute approximate surface area is 244 Å². The van der Waals surface area contributed by atoms with Crippen molar-refractivity contribution < 1.29 is 40.6 Å². The Morgan fingerprint density at radius 3 is 2.51 bits per heavy atom. The third-order valence-corrected chi connectivity index (χ3v) is 9.05. The van der Waals surface area contributed by atoms with Crippen LogP contribution in [0, 0.1) is 0 Å². The number of carbonyl (C=O) groups excluding carboxylic acids is 1. The average Bonchev–Trinajstić information content (AvgIpc) is 3.45. The molecule has 2 aromatic heterocycles. The number of carbonyl (C=O) groups is 1. The van der Waals surface area contributed by atoms with Crippen molar-refractivity contribution in [1.29, 1.82) is 0 Å². The van der Waals surface area contributed by atoms with Crippen molar-refractivity contribution in [3.05, 3.63) is 45.9 Å². The van der Waals surface area contributed by atoms with Gasteiger partial charge in [-0.3, -0.25) is 19.4 Å². The number of hydrogen-bond donors (Lipinski definition) is 2. The molecule has 2 N–H and O–H groups in total. The fourth-order valence-corrected chi connectivity index (χ4v) is 6.46. The average molecular weight is 632 g/mol. The van der Waals surface area contributed by atoms with Crippen LogP contribution in [0.2, 0.25) is 0 Å². The number of amides is 1. The molecular formula is C27H27F6N5O4S. The lowest BCUT2D eigenvalue weighted by Crippen LogP contribution is -2.52. The Hall–Kier alpha value is -3.37. The van der Waals surface area contributed by atoms with Crippen LogP contribution in [-0.2, 0) is 11.3 Å². The number of nitrogens with one attached hydrogen (secondary N) is 2. The van der Waals surface area contributed by atoms with Crippen LogP contribution >= 0.6 is 11.3 Å². The maximum absolute atomic E-state index is 15.2. The van der Waals surface area contributed by atoms with Crippen LogP contribution < -0.4 is 20.3 Å². The van der Waals surface area contributed by atoms with Crippen molar-refractivity contribution in [3.63, 3.8) is 0 Å². The summed E-state index contributed by atoms with van der Waals surface area (Å²) >= 11 is 1.03. The number of nitrogens with zero attached hydrogens (tertiary/aromatic N) is 3. The first-order valence-electron chi connectivity index (χ1n) is 13.6. The minimum absolute atomic E-state index is 0.0614. The number of halogens is 6. The quantitative estimate of drug-likeness (QED) is 0.370. The Kier molecular flexibility index (Phi) is 7.36. The Morgan fingerprint density at radius 1 is 1.09 bits per heavy atom. The number of thiazole rings is 1.